The van der Waals surface area contributed by atoms with Crippen molar-refractivity contribution in [3.05, 3.63) is 29.8 Å². The van der Waals surface area contributed by atoms with Crippen LogP contribution < -0.4 is 10.6 Å². The number of carbonyl (C=O) groups is 2. The molecule has 0 unspecified atom stereocenters. The standard InChI is InChI=1S/C14H20N2O3/c1-4-19-14(18)11-7-5-6-8-12(11)15-9-13(17)16-10(2)3/h5-8,10,15H,4,9H2,1-3H3,(H,16,17). The Morgan fingerprint density at radius 2 is 1.95 bits per heavy atom. The molecule has 0 saturated carbocycles. The third-order valence-electron chi connectivity index (χ3n) is 2.31. The molecule has 0 bridgehead atoms. The topological polar surface area (TPSA) is 67.4 Å². The lowest BCUT2D eigenvalue weighted by molar-refractivity contribution is -0.119. The second-order valence-electron chi connectivity index (χ2n) is 4.34. The van der Waals surface area contributed by atoms with Gasteiger partial charge in [0.05, 0.1) is 18.7 Å². The van der Waals surface area contributed by atoms with Crippen LogP contribution in [0.5, 0.6) is 0 Å². The monoisotopic (exact) mass is 264 g/mol. The third-order valence-corrected chi connectivity index (χ3v) is 2.31. The van der Waals surface area contributed by atoms with Crippen LogP contribution in [0.25, 0.3) is 0 Å². The Kier molecular flexibility index (Phi) is 5.85. The molecule has 0 aliphatic rings. The number of para-hydroxylation sites is 1. The number of anilines is 1. The Morgan fingerprint density at radius 1 is 1.26 bits per heavy atom. The summed E-state index contributed by atoms with van der Waals surface area (Å²) in [4.78, 5) is 23.3. The molecule has 0 fully saturated rings. The van der Waals surface area contributed by atoms with Gasteiger partial charge < -0.3 is 15.4 Å². The van der Waals surface area contributed by atoms with Crippen LogP contribution in [0.2, 0.25) is 0 Å². The lowest BCUT2D eigenvalue weighted by atomic mass is 10.2. The zero-order valence-corrected chi connectivity index (χ0v) is 11.5. The number of amides is 1. The zero-order chi connectivity index (χ0) is 14.3. The average Bonchev–Trinajstić information content (AvgIpc) is 2.36. The SMILES string of the molecule is CCOC(=O)c1ccccc1NCC(=O)NC(C)C. The van der Waals surface area contributed by atoms with Gasteiger partial charge >= 0.3 is 5.97 Å². The molecule has 0 radical (unpaired) electrons. The molecule has 0 saturated heterocycles. The van der Waals surface area contributed by atoms with Gasteiger partial charge in [-0.1, -0.05) is 12.1 Å². The zero-order valence-electron chi connectivity index (χ0n) is 11.5. The molecule has 0 heterocycles. The molecule has 2 N–H and O–H groups in total. The van der Waals surface area contributed by atoms with E-state index in [0.29, 0.717) is 17.9 Å². The van der Waals surface area contributed by atoms with Crippen molar-refractivity contribution < 1.29 is 14.3 Å². The number of benzene rings is 1. The first kappa shape index (κ1) is 15.0. The first-order chi connectivity index (χ1) is 9.04. The summed E-state index contributed by atoms with van der Waals surface area (Å²) in [6, 6.07) is 7.06. The van der Waals surface area contributed by atoms with Crippen molar-refractivity contribution in [3.8, 4) is 0 Å². The predicted molar refractivity (Wildman–Crippen MR) is 74.2 cm³/mol. The van der Waals surface area contributed by atoms with E-state index in [4.69, 9.17) is 4.74 Å². The molecule has 19 heavy (non-hydrogen) atoms. The van der Waals surface area contributed by atoms with Gasteiger partial charge in [0, 0.05) is 11.7 Å². The molecule has 1 aromatic carbocycles. The first-order valence-corrected chi connectivity index (χ1v) is 6.34. The lowest BCUT2D eigenvalue weighted by Gasteiger charge is -2.12. The van der Waals surface area contributed by atoms with Crippen LogP contribution in [0.3, 0.4) is 0 Å². The number of hydrogen-bond acceptors (Lipinski definition) is 4. The van der Waals surface area contributed by atoms with Crippen LogP contribution in [0.15, 0.2) is 24.3 Å². The number of nitrogens with one attached hydrogen (secondary N) is 2. The first-order valence-electron chi connectivity index (χ1n) is 6.34. The molecule has 104 valence electrons. The fourth-order valence-corrected chi connectivity index (χ4v) is 1.57. The van der Waals surface area contributed by atoms with E-state index in [1.807, 2.05) is 13.8 Å². The van der Waals surface area contributed by atoms with Crippen LogP contribution >= 0.6 is 0 Å². The molecule has 0 aliphatic carbocycles. The number of ether oxygens (including phenoxy) is 1. The van der Waals surface area contributed by atoms with E-state index >= 15 is 0 Å². The van der Waals surface area contributed by atoms with E-state index in [0.717, 1.165) is 0 Å². The average molecular weight is 264 g/mol. The number of hydrogen-bond donors (Lipinski definition) is 2. The van der Waals surface area contributed by atoms with Gasteiger partial charge in [0.25, 0.3) is 0 Å². The van der Waals surface area contributed by atoms with Crippen molar-refractivity contribution in [1.29, 1.82) is 0 Å². The van der Waals surface area contributed by atoms with E-state index in [-0.39, 0.29) is 18.5 Å². The lowest BCUT2D eigenvalue weighted by Crippen LogP contribution is -2.35. The van der Waals surface area contributed by atoms with Crippen molar-refractivity contribution in [2.45, 2.75) is 26.8 Å². The Balaban J connectivity index is 2.68. The molecule has 1 aromatic rings. The van der Waals surface area contributed by atoms with Gasteiger partial charge in [0.2, 0.25) is 5.91 Å². The van der Waals surface area contributed by atoms with Crippen LogP contribution in [0.1, 0.15) is 31.1 Å². The Morgan fingerprint density at radius 3 is 2.58 bits per heavy atom. The highest BCUT2D eigenvalue weighted by Gasteiger charge is 2.12. The number of esters is 1. The predicted octanol–water partition coefficient (Wildman–Crippen LogP) is 1.80. The molecule has 0 atom stereocenters. The second kappa shape index (κ2) is 7.41. The van der Waals surface area contributed by atoms with Crippen LogP contribution in [0, 0.1) is 0 Å². The van der Waals surface area contributed by atoms with Crippen molar-refractivity contribution in [2.24, 2.45) is 0 Å². The minimum atomic E-state index is -0.394. The second-order valence-corrected chi connectivity index (χ2v) is 4.34. The quantitative estimate of drug-likeness (QED) is 0.769. The summed E-state index contributed by atoms with van der Waals surface area (Å²) < 4.78 is 4.96. The summed E-state index contributed by atoms with van der Waals surface area (Å²) in [5.41, 5.74) is 1.03. The van der Waals surface area contributed by atoms with Gasteiger partial charge in [-0.15, -0.1) is 0 Å². The Labute approximate surface area is 113 Å². The summed E-state index contributed by atoms with van der Waals surface area (Å²) in [5.74, 6) is -0.511. The van der Waals surface area contributed by atoms with Crippen LogP contribution in [-0.2, 0) is 9.53 Å². The molecule has 1 rings (SSSR count). The van der Waals surface area contributed by atoms with Crippen molar-refractivity contribution in [1.82, 2.24) is 5.32 Å². The minimum Gasteiger partial charge on any atom is -0.462 e. The van der Waals surface area contributed by atoms with E-state index < -0.39 is 5.97 Å². The smallest absolute Gasteiger partial charge is 0.340 e. The Hall–Kier alpha value is -2.04. The van der Waals surface area contributed by atoms with Crippen molar-refractivity contribution in [3.63, 3.8) is 0 Å². The summed E-state index contributed by atoms with van der Waals surface area (Å²) in [6.45, 7) is 5.98. The van der Waals surface area contributed by atoms with E-state index in [9.17, 15) is 9.59 Å². The molecule has 0 aliphatic heterocycles. The minimum absolute atomic E-state index is 0.0922. The van der Waals surface area contributed by atoms with E-state index in [1.54, 1.807) is 31.2 Å². The maximum atomic E-state index is 11.7. The molecule has 0 aromatic heterocycles. The molecular formula is C14H20N2O3. The van der Waals surface area contributed by atoms with Gasteiger partial charge in [-0.3, -0.25) is 4.79 Å². The van der Waals surface area contributed by atoms with Crippen molar-refractivity contribution >= 4 is 17.6 Å². The molecule has 0 spiro atoms. The number of carbonyl (C=O) groups excluding carboxylic acids is 2. The summed E-state index contributed by atoms with van der Waals surface area (Å²) in [7, 11) is 0. The van der Waals surface area contributed by atoms with Gasteiger partial charge in [0.1, 0.15) is 0 Å². The molecule has 1 amide bonds. The van der Waals surface area contributed by atoms with Gasteiger partial charge in [-0.25, -0.2) is 4.79 Å². The highest BCUT2D eigenvalue weighted by atomic mass is 16.5. The van der Waals surface area contributed by atoms with Crippen LogP contribution in [-0.4, -0.2) is 31.1 Å². The van der Waals surface area contributed by atoms with Gasteiger partial charge in [-0.2, -0.15) is 0 Å². The summed E-state index contributed by atoms with van der Waals surface area (Å²) in [6.07, 6.45) is 0. The fourth-order valence-electron chi connectivity index (χ4n) is 1.57. The van der Waals surface area contributed by atoms with Gasteiger partial charge in [0.15, 0.2) is 0 Å². The highest BCUT2D eigenvalue weighted by molar-refractivity contribution is 5.96. The maximum absolute atomic E-state index is 11.7. The van der Waals surface area contributed by atoms with Crippen LogP contribution in [0.4, 0.5) is 5.69 Å². The van der Waals surface area contributed by atoms with Gasteiger partial charge in [-0.05, 0) is 32.9 Å². The van der Waals surface area contributed by atoms with Crippen molar-refractivity contribution in [2.75, 3.05) is 18.5 Å². The van der Waals surface area contributed by atoms with E-state index in [1.165, 1.54) is 0 Å². The highest BCUT2D eigenvalue weighted by Crippen LogP contribution is 2.15. The molecular weight excluding hydrogens is 244 g/mol. The largest absolute Gasteiger partial charge is 0.462 e. The fraction of sp³-hybridized carbons (Fsp3) is 0.429. The number of rotatable bonds is 6. The third kappa shape index (κ3) is 4.99. The molecule has 5 nitrogen and oxygen atoms in total. The Bertz CT molecular complexity index is 444. The normalized spacial score (nSPS) is 10.1. The molecule has 5 heteroatoms. The summed E-state index contributed by atoms with van der Waals surface area (Å²) in [5, 5.41) is 5.71. The maximum Gasteiger partial charge on any atom is 0.340 e. The van der Waals surface area contributed by atoms with E-state index in [2.05, 4.69) is 10.6 Å². The summed E-state index contributed by atoms with van der Waals surface area (Å²) >= 11 is 0.